The molecule has 0 bridgehead atoms. The summed E-state index contributed by atoms with van der Waals surface area (Å²) in [5, 5.41) is 23.9. The molecule has 0 aromatic heterocycles. The van der Waals surface area contributed by atoms with Gasteiger partial charge < -0.3 is 25.2 Å². The Morgan fingerprint density at radius 3 is 2.78 bits per heavy atom. The van der Waals surface area contributed by atoms with Crippen molar-refractivity contribution in [1.29, 1.82) is 0 Å². The molecular formula is C17H20N2O4. The third-order valence-corrected chi connectivity index (χ3v) is 4.14. The van der Waals surface area contributed by atoms with Gasteiger partial charge in [0.15, 0.2) is 0 Å². The van der Waals surface area contributed by atoms with Crippen molar-refractivity contribution in [3.63, 3.8) is 0 Å². The number of hydrogen-bond donors (Lipinski definition) is 3. The molecule has 3 N–H and O–H groups in total. The molecule has 0 aliphatic carbocycles. The minimum absolute atomic E-state index is 0.121. The van der Waals surface area contributed by atoms with Crippen LogP contribution in [0.2, 0.25) is 0 Å². The lowest BCUT2D eigenvalue weighted by Gasteiger charge is -2.25. The van der Waals surface area contributed by atoms with Gasteiger partial charge in [-0.25, -0.2) is 4.79 Å². The second-order valence-corrected chi connectivity index (χ2v) is 5.58. The van der Waals surface area contributed by atoms with Gasteiger partial charge in [-0.3, -0.25) is 0 Å². The molecule has 3 rings (SSSR count). The quantitative estimate of drug-likeness (QED) is 0.748. The molecule has 0 atom stereocenters. The average Bonchev–Trinajstić information content (AvgIpc) is 2.55. The van der Waals surface area contributed by atoms with E-state index in [4.69, 9.17) is 9.84 Å². The van der Waals surface area contributed by atoms with Crippen LogP contribution < -0.4 is 15.8 Å². The maximum Gasteiger partial charge on any atom is 0.341 e. The third kappa shape index (κ3) is 3.03. The standard InChI is InChI=1S/C17H20N2O4/c1-2-11-7-13-15(18-9-14(16(13)20)17(21)22)8-12(11)10-19-3-5-23-6-4-19/h7-10,18,20H,2-6H2,1H3,(H,21,22)/b12-10+. The van der Waals surface area contributed by atoms with Gasteiger partial charge >= 0.3 is 5.97 Å². The normalized spacial score (nSPS) is 18.3. The molecular weight excluding hydrogens is 296 g/mol. The van der Waals surface area contributed by atoms with Crippen LogP contribution in [0.25, 0.3) is 12.0 Å². The first kappa shape index (κ1) is 15.4. The second-order valence-electron chi connectivity index (χ2n) is 5.58. The van der Waals surface area contributed by atoms with Crippen LogP contribution in [0.1, 0.15) is 12.5 Å². The highest BCUT2D eigenvalue weighted by molar-refractivity contribution is 6.00. The van der Waals surface area contributed by atoms with Crippen molar-refractivity contribution >= 4 is 23.6 Å². The molecule has 0 saturated carbocycles. The van der Waals surface area contributed by atoms with Crippen LogP contribution in [-0.4, -0.2) is 47.4 Å². The molecule has 23 heavy (non-hydrogen) atoms. The minimum atomic E-state index is -1.15. The lowest BCUT2D eigenvalue weighted by Crippen LogP contribution is -2.34. The van der Waals surface area contributed by atoms with Gasteiger partial charge in [0, 0.05) is 36.4 Å². The summed E-state index contributed by atoms with van der Waals surface area (Å²) in [6.45, 7) is 5.20. The lowest BCUT2D eigenvalue weighted by atomic mass is 10.0. The fourth-order valence-electron chi connectivity index (χ4n) is 2.83. The minimum Gasteiger partial charge on any atom is -0.506 e. The molecule has 0 amide bonds. The Balaban J connectivity index is 2.10. The molecule has 0 unspecified atom stereocenters. The van der Waals surface area contributed by atoms with Crippen molar-refractivity contribution in [1.82, 2.24) is 4.90 Å². The topological polar surface area (TPSA) is 82.0 Å². The van der Waals surface area contributed by atoms with Crippen molar-refractivity contribution in [2.75, 3.05) is 31.6 Å². The van der Waals surface area contributed by atoms with E-state index in [1.54, 1.807) is 0 Å². The van der Waals surface area contributed by atoms with Gasteiger partial charge in [-0.15, -0.1) is 0 Å². The molecule has 1 fully saturated rings. The number of fused-ring (bicyclic) bond motifs is 1. The number of hydrogen-bond acceptors (Lipinski definition) is 5. The van der Waals surface area contributed by atoms with Gasteiger partial charge in [0.1, 0.15) is 11.3 Å². The van der Waals surface area contributed by atoms with E-state index in [0.717, 1.165) is 43.5 Å². The Kier molecular flexibility index (Phi) is 4.25. The number of ether oxygens (including phenoxy) is 1. The summed E-state index contributed by atoms with van der Waals surface area (Å²) in [6, 6.07) is 3.81. The first-order valence-electron chi connectivity index (χ1n) is 7.70. The number of carboxylic acid groups (broad SMARTS) is 1. The summed E-state index contributed by atoms with van der Waals surface area (Å²) in [6.07, 6.45) is 4.23. The van der Waals surface area contributed by atoms with Crippen molar-refractivity contribution in [3.05, 3.63) is 39.9 Å². The van der Waals surface area contributed by atoms with Gasteiger partial charge in [-0.1, -0.05) is 6.92 Å². The van der Waals surface area contributed by atoms with Crippen molar-refractivity contribution in [2.45, 2.75) is 13.3 Å². The second kappa shape index (κ2) is 6.34. The Hall–Kier alpha value is -2.47. The van der Waals surface area contributed by atoms with Crippen LogP contribution in [0.4, 0.5) is 5.69 Å². The zero-order chi connectivity index (χ0) is 16.4. The SMILES string of the molecule is CCc1cc2c(c/c1=C\N1CCOCC1)NC=C(C(=O)O)C=2O. The van der Waals surface area contributed by atoms with E-state index < -0.39 is 5.97 Å². The molecule has 122 valence electrons. The monoisotopic (exact) mass is 316 g/mol. The summed E-state index contributed by atoms with van der Waals surface area (Å²) in [4.78, 5) is 13.4. The molecule has 2 aliphatic rings. The van der Waals surface area contributed by atoms with E-state index in [0.29, 0.717) is 10.9 Å². The molecule has 2 aliphatic heterocycles. The number of aliphatic carboxylic acids is 1. The van der Waals surface area contributed by atoms with Crippen LogP contribution in [-0.2, 0) is 16.0 Å². The number of nitrogens with zero attached hydrogens (tertiary/aromatic N) is 1. The highest BCUT2D eigenvalue weighted by atomic mass is 16.5. The Labute approximate surface area is 134 Å². The Bertz CT molecular complexity index is 777. The summed E-state index contributed by atoms with van der Waals surface area (Å²) < 4.78 is 5.36. The smallest absolute Gasteiger partial charge is 0.341 e. The predicted molar refractivity (Wildman–Crippen MR) is 87.3 cm³/mol. The third-order valence-electron chi connectivity index (χ3n) is 4.14. The number of carboxylic acids is 1. The lowest BCUT2D eigenvalue weighted by molar-refractivity contribution is -0.132. The predicted octanol–water partition coefficient (Wildman–Crippen LogP) is 0.379. The van der Waals surface area contributed by atoms with E-state index in [2.05, 4.69) is 16.4 Å². The van der Waals surface area contributed by atoms with Crippen LogP contribution in [0.15, 0.2) is 23.9 Å². The van der Waals surface area contributed by atoms with Crippen molar-refractivity contribution in [3.8, 4) is 0 Å². The number of aryl methyl sites for hydroxylation is 1. The van der Waals surface area contributed by atoms with Crippen LogP contribution in [0, 0.1) is 0 Å². The van der Waals surface area contributed by atoms with E-state index in [1.807, 2.05) is 19.1 Å². The Morgan fingerprint density at radius 1 is 1.39 bits per heavy atom. The number of nitrogens with one attached hydrogen (secondary N) is 1. The number of rotatable bonds is 3. The Morgan fingerprint density at radius 2 is 2.13 bits per heavy atom. The van der Waals surface area contributed by atoms with Crippen LogP contribution in [0.3, 0.4) is 0 Å². The molecule has 2 heterocycles. The van der Waals surface area contributed by atoms with Gasteiger partial charge in [0.2, 0.25) is 0 Å². The van der Waals surface area contributed by atoms with Gasteiger partial charge in [0.05, 0.1) is 13.2 Å². The molecule has 0 radical (unpaired) electrons. The van der Waals surface area contributed by atoms with Gasteiger partial charge in [-0.2, -0.15) is 0 Å². The largest absolute Gasteiger partial charge is 0.506 e. The first-order valence-corrected chi connectivity index (χ1v) is 7.70. The number of benzene rings is 1. The van der Waals surface area contributed by atoms with Crippen LogP contribution >= 0.6 is 0 Å². The molecule has 1 saturated heterocycles. The van der Waals surface area contributed by atoms with E-state index in [1.165, 1.54) is 6.20 Å². The molecule has 6 heteroatoms. The molecule has 1 aromatic carbocycles. The van der Waals surface area contributed by atoms with E-state index in [-0.39, 0.29) is 11.3 Å². The average molecular weight is 316 g/mol. The zero-order valence-corrected chi connectivity index (χ0v) is 13.0. The fourth-order valence-corrected chi connectivity index (χ4v) is 2.83. The van der Waals surface area contributed by atoms with Gasteiger partial charge in [-0.05, 0) is 29.3 Å². The van der Waals surface area contributed by atoms with E-state index in [9.17, 15) is 9.90 Å². The van der Waals surface area contributed by atoms with E-state index >= 15 is 0 Å². The summed E-state index contributed by atoms with van der Waals surface area (Å²) in [7, 11) is 0. The number of carbonyl (C=O) groups is 1. The summed E-state index contributed by atoms with van der Waals surface area (Å²) >= 11 is 0. The highest BCUT2D eigenvalue weighted by Gasteiger charge is 2.19. The molecule has 0 spiro atoms. The number of aliphatic hydroxyl groups is 1. The summed E-state index contributed by atoms with van der Waals surface area (Å²) in [5.74, 6) is -1.35. The molecule has 1 aromatic rings. The maximum absolute atomic E-state index is 11.1. The van der Waals surface area contributed by atoms with Crippen molar-refractivity contribution < 1.29 is 19.7 Å². The maximum atomic E-state index is 11.1. The fraction of sp³-hybridized carbons (Fsp3) is 0.353. The number of morpholine rings is 1. The number of aliphatic hydroxyl groups excluding tert-OH is 1. The van der Waals surface area contributed by atoms with Gasteiger partial charge in [0.25, 0.3) is 0 Å². The zero-order valence-electron chi connectivity index (χ0n) is 13.0. The van der Waals surface area contributed by atoms with Crippen molar-refractivity contribution in [2.24, 2.45) is 0 Å². The number of anilines is 1. The highest BCUT2D eigenvalue weighted by Crippen LogP contribution is 2.15. The first-order chi connectivity index (χ1) is 11.1. The summed E-state index contributed by atoms with van der Waals surface area (Å²) in [5.41, 5.74) is 1.66. The molecule has 6 nitrogen and oxygen atoms in total. The van der Waals surface area contributed by atoms with Crippen LogP contribution in [0.5, 0.6) is 0 Å².